The molecule has 0 atom stereocenters. The maximum Gasteiger partial charge on any atom is 0.513 e. The molecule has 0 heterocycles. The highest BCUT2D eigenvalue weighted by Crippen LogP contribution is 2.13. The quantitative estimate of drug-likeness (QED) is 0.171. The molecule has 23 heavy (non-hydrogen) atoms. The van der Waals surface area contributed by atoms with Gasteiger partial charge in [0.05, 0.1) is 6.61 Å². The first kappa shape index (κ1) is 22.0. The zero-order chi connectivity index (χ0) is 17.2. The lowest BCUT2D eigenvalue weighted by Gasteiger charge is -2.05. The monoisotopic (exact) mass is 326 g/mol. The van der Waals surface area contributed by atoms with E-state index in [1.807, 2.05) is 0 Å². The van der Waals surface area contributed by atoms with Crippen LogP contribution in [0.3, 0.4) is 0 Å². The highest BCUT2D eigenvalue weighted by atomic mass is 16.7. The van der Waals surface area contributed by atoms with Gasteiger partial charge in [-0.2, -0.15) is 0 Å². The lowest BCUT2D eigenvalue weighted by Crippen LogP contribution is -2.06. The maximum atomic E-state index is 11.1. The third-order valence-corrected chi connectivity index (χ3v) is 3.98. The third-order valence-electron chi connectivity index (χ3n) is 3.98. The first-order chi connectivity index (χ1) is 11.2. The Hall–Kier alpha value is -0.990. The third kappa shape index (κ3) is 19.0. The normalized spacial score (nSPS) is 10.5. The minimum atomic E-state index is -0.632. The molecule has 3 heteroatoms. The highest BCUT2D eigenvalue weighted by Gasteiger charge is 2.03. The molecule has 0 N–H and O–H groups in total. The molecular weight excluding hydrogens is 288 g/mol. The van der Waals surface area contributed by atoms with Gasteiger partial charge in [-0.25, -0.2) is 4.79 Å². The predicted molar refractivity (Wildman–Crippen MR) is 97.6 cm³/mol. The van der Waals surface area contributed by atoms with E-state index in [1.54, 1.807) is 6.92 Å². The average molecular weight is 327 g/mol. The van der Waals surface area contributed by atoms with Crippen molar-refractivity contribution in [1.82, 2.24) is 0 Å². The summed E-state index contributed by atoms with van der Waals surface area (Å²) in [7, 11) is 0. The van der Waals surface area contributed by atoms with Gasteiger partial charge in [0, 0.05) is 0 Å². The van der Waals surface area contributed by atoms with Crippen molar-refractivity contribution in [2.24, 2.45) is 0 Å². The van der Waals surface area contributed by atoms with Crippen LogP contribution in [0.25, 0.3) is 0 Å². The molecule has 3 nitrogen and oxygen atoms in total. The molecule has 136 valence electrons. The van der Waals surface area contributed by atoms with Gasteiger partial charge in [0.15, 0.2) is 0 Å². The molecule has 0 radical (unpaired) electrons. The first-order valence-electron chi connectivity index (χ1n) is 9.67. The Morgan fingerprint density at radius 2 is 1.13 bits per heavy atom. The Kier molecular flexibility index (Phi) is 16.6. The molecule has 0 aromatic heterocycles. The number of carbonyl (C=O) groups excluding carboxylic acids is 1. The summed E-state index contributed by atoms with van der Waals surface area (Å²) in [5.41, 5.74) is 0. The van der Waals surface area contributed by atoms with Gasteiger partial charge < -0.3 is 9.47 Å². The fraction of sp³-hybridized carbons (Fsp3) is 0.850. The van der Waals surface area contributed by atoms with E-state index in [0.29, 0.717) is 12.4 Å². The summed E-state index contributed by atoms with van der Waals surface area (Å²) in [4.78, 5) is 11.1. The first-order valence-corrected chi connectivity index (χ1v) is 9.67. The van der Waals surface area contributed by atoms with Gasteiger partial charge in [0.2, 0.25) is 0 Å². The highest BCUT2D eigenvalue weighted by molar-refractivity contribution is 5.61. The van der Waals surface area contributed by atoms with Crippen LogP contribution in [0.5, 0.6) is 0 Å². The van der Waals surface area contributed by atoms with Crippen molar-refractivity contribution >= 4 is 6.16 Å². The van der Waals surface area contributed by atoms with Gasteiger partial charge in [0.25, 0.3) is 0 Å². The molecule has 0 amide bonds. The molecule has 0 saturated heterocycles. The van der Waals surface area contributed by atoms with Crippen LogP contribution in [0.15, 0.2) is 12.3 Å². The summed E-state index contributed by atoms with van der Waals surface area (Å²) in [5.74, 6) is 0.371. The van der Waals surface area contributed by atoms with Crippen molar-refractivity contribution in [2.75, 3.05) is 6.61 Å². The molecule has 0 aliphatic carbocycles. The van der Waals surface area contributed by atoms with Gasteiger partial charge in [-0.1, -0.05) is 97.0 Å². The minimum absolute atomic E-state index is 0.371. The van der Waals surface area contributed by atoms with Crippen molar-refractivity contribution in [3.63, 3.8) is 0 Å². The topological polar surface area (TPSA) is 35.5 Å². The minimum Gasteiger partial charge on any atom is -0.434 e. The summed E-state index contributed by atoms with van der Waals surface area (Å²) in [6, 6.07) is 0. The fourth-order valence-electron chi connectivity index (χ4n) is 2.62. The Bertz CT molecular complexity index is 287. The average Bonchev–Trinajstić information content (AvgIpc) is 2.50. The van der Waals surface area contributed by atoms with Crippen LogP contribution in [-0.2, 0) is 9.47 Å². The van der Waals surface area contributed by atoms with E-state index in [4.69, 9.17) is 9.47 Å². The number of hydrogen-bond donors (Lipinski definition) is 0. The zero-order valence-corrected chi connectivity index (χ0v) is 15.5. The number of allylic oxidation sites excluding steroid dienone is 1. The maximum absolute atomic E-state index is 11.1. The van der Waals surface area contributed by atoms with Crippen LogP contribution in [0.4, 0.5) is 4.79 Å². The van der Waals surface area contributed by atoms with E-state index in [9.17, 15) is 4.79 Å². The van der Waals surface area contributed by atoms with Crippen molar-refractivity contribution in [1.29, 1.82) is 0 Å². The summed E-state index contributed by atoms with van der Waals surface area (Å²) >= 11 is 0. The van der Waals surface area contributed by atoms with E-state index in [-0.39, 0.29) is 0 Å². The Morgan fingerprint density at radius 1 is 0.739 bits per heavy atom. The second-order valence-corrected chi connectivity index (χ2v) is 6.50. The second kappa shape index (κ2) is 17.4. The van der Waals surface area contributed by atoms with E-state index in [1.165, 1.54) is 77.0 Å². The number of ether oxygens (including phenoxy) is 2. The van der Waals surface area contributed by atoms with E-state index >= 15 is 0 Å². The lowest BCUT2D eigenvalue weighted by molar-refractivity contribution is 0.0763. The van der Waals surface area contributed by atoms with Crippen LogP contribution < -0.4 is 0 Å². The van der Waals surface area contributed by atoms with Crippen LogP contribution >= 0.6 is 0 Å². The number of rotatable bonds is 16. The molecule has 0 aromatic carbocycles. The van der Waals surface area contributed by atoms with E-state index in [0.717, 1.165) is 12.8 Å². The van der Waals surface area contributed by atoms with Crippen LogP contribution in [0, 0.1) is 0 Å². The number of unbranched alkanes of at least 4 members (excludes halogenated alkanes) is 13. The number of carbonyl (C=O) groups is 1. The van der Waals surface area contributed by atoms with E-state index < -0.39 is 6.16 Å². The van der Waals surface area contributed by atoms with Gasteiger partial charge in [-0.3, -0.25) is 0 Å². The summed E-state index contributed by atoms with van der Waals surface area (Å²) < 4.78 is 9.65. The van der Waals surface area contributed by atoms with Gasteiger partial charge >= 0.3 is 6.16 Å². The van der Waals surface area contributed by atoms with Crippen LogP contribution in [-0.4, -0.2) is 12.8 Å². The van der Waals surface area contributed by atoms with Crippen molar-refractivity contribution in [3.05, 3.63) is 12.3 Å². The molecule has 0 aliphatic rings. The second-order valence-electron chi connectivity index (χ2n) is 6.50. The molecule has 0 aromatic rings. The van der Waals surface area contributed by atoms with Crippen LogP contribution in [0.1, 0.15) is 104 Å². The van der Waals surface area contributed by atoms with Gasteiger partial charge in [-0.05, 0) is 13.3 Å². The Balaban J connectivity index is 3.08. The zero-order valence-electron chi connectivity index (χ0n) is 15.5. The van der Waals surface area contributed by atoms with Crippen molar-refractivity contribution < 1.29 is 14.3 Å². The Morgan fingerprint density at radius 3 is 1.52 bits per heavy atom. The van der Waals surface area contributed by atoms with Gasteiger partial charge in [-0.15, -0.1) is 0 Å². The lowest BCUT2D eigenvalue weighted by atomic mass is 10.0. The van der Waals surface area contributed by atoms with Gasteiger partial charge in [0.1, 0.15) is 5.76 Å². The molecular formula is C20H38O3. The van der Waals surface area contributed by atoms with E-state index in [2.05, 4.69) is 13.5 Å². The summed E-state index contributed by atoms with van der Waals surface area (Å²) in [5, 5.41) is 0. The number of hydrogen-bond acceptors (Lipinski definition) is 3. The molecule has 0 fully saturated rings. The molecule has 0 bridgehead atoms. The molecule has 0 saturated carbocycles. The Labute approximate surface area is 143 Å². The van der Waals surface area contributed by atoms with Crippen LogP contribution in [0.2, 0.25) is 0 Å². The SMILES string of the molecule is C=C(C)OC(=O)OCCCCCCCCCCCCCCCC. The molecule has 0 rings (SSSR count). The predicted octanol–water partition coefficient (Wildman–Crippen LogP) is 7.15. The van der Waals surface area contributed by atoms with Crippen molar-refractivity contribution in [3.8, 4) is 0 Å². The molecule has 0 unspecified atom stereocenters. The molecule has 0 spiro atoms. The standard InChI is InChI=1S/C20H38O3/c1-4-5-6-7-8-9-10-11-12-13-14-15-16-17-18-22-20(21)23-19(2)3/h2,4-18H2,1,3H3. The fourth-order valence-corrected chi connectivity index (χ4v) is 2.62. The largest absolute Gasteiger partial charge is 0.513 e. The van der Waals surface area contributed by atoms with Crippen molar-refractivity contribution in [2.45, 2.75) is 104 Å². The summed E-state index contributed by atoms with van der Waals surface area (Å²) in [6.07, 6.45) is 17.9. The smallest absolute Gasteiger partial charge is 0.434 e. The molecule has 0 aliphatic heterocycles. The summed E-state index contributed by atoms with van der Waals surface area (Å²) in [6.45, 7) is 7.84.